The van der Waals surface area contributed by atoms with Crippen molar-refractivity contribution in [3.8, 4) is 11.9 Å². The summed E-state index contributed by atoms with van der Waals surface area (Å²) in [5.41, 5.74) is 0.488. The van der Waals surface area contributed by atoms with E-state index < -0.39 is 11.5 Å². The zero-order valence-electron chi connectivity index (χ0n) is 15.8. The summed E-state index contributed by atoms with van der Waals surface area (Å²) in [5.74, 6) is -0.846. The van der Waals surface area contributed by atoms with Crippen LogP contribution in [0, 0.1) is 18.3 Å². The number of benzene rings is 1. The Kier molecular flexibility index (Phi) is 6.96. The predicted molar refractivity (Wildman–Crippen MR) is 107 cm³/mol. The zero-order valence-corrected chi connectivity index (χ0v) is 16.6. The second-order valence-corrected chi connectivity index (χ2v) is 6.53. The molecule has 146 valence electrons. The van der Waals surface area contributed by atoms with Gasteiger partial charge in [-0.2, -0.15) is 5.26 Å². The van der Waals surface area contributed by atoms with Crippen LogP contribution in [0.3, 0.4) is 0 Å². The topological polar surface area (TPSA) is 105 Å². The first-order valence-corrected chi connectivity index (χ1v) is 9.03. The number of hydrogen-bond donors (Lipinski definition) is 1. The van der Waals surface area contributed by atoms with Gasteiger partial charge >= 0.3 is 5.97 Å². The molecule has 0 spiro atoms. The van der Waals surface area contributed by atoms with E-state index in [9.17, 15) is 20.0 Å². The Hall–Kier alpha value is -3.11. The van der Waals surface area contributed by atoms with Gasteiger partial charge in [0.25, 0.3) is 5.56 Å². The fourth-order valence-electron chi connectivity index (χ4n) is 2.47. The summed E-state index contributed by atoms with van der Waals surface area (Å²) in [4.78, 5) is 28.4. The molecule has 0 amide bonds. The number of ether oxygens (including phenoxy) is 1. The number of halogens is 1. The molecule has 2 rings (SSSR count). The Labute approximate surface area is 167 Å². The first kappa shape index (κ1) is 21.2. The van der Waals surface area contributed by atoms with Gasteiger partial charge in [-0.25, -0.2) is 4.79 Å². The molecule has 8 heteroatoms. The Balaban J connectivity index is 2.40. The number of rotatable bonds is 6. The highest BCUT2D eigenvalue weighted by Crippen LogP contribution is 2.25. The molecule has 0 aliphatic carbocycles. The molecule has 0 unspecified atom stereocenters. The predicted octanol–water partition coefficient (Wildman–Crippen LogP) is 3.63. The van der Waals surface area contributed by atoms with E-state index in [1.807, 2.05) is 13.0 Å². The molecule has 0 radical (unpaired) electrons. The van der Waals surface area contributed by atoms with Gasteiger partial charge in [0.1, 0.15) is 11.6 Å². The standard InChI is InChI=1S/C20H20ClN3O4/c1-4-5-8-28-20(27)14-9-13(6-7-17(14)21)23-11-16-12(2)15(10-22)18(25)24(3)19(16)26/h6-7,9,11,26H,4-5,8H2,1-3H3. The van der Waals surface area contributed by atoms with Crippen LogP contribution in [0.2, 0.25) is 5.02 Å². The lowest BCUT2D eigenvalue weighted by molar-refractivity contribution is 0.0500. The van der Waals surface area contributed by atoms with Crippen molar-refractivity contribution in [1.29, 1.82) is 5.26 Å². The molecule has 0 saturated heterocycles. The quantitative estimate of drug-likeness (QED) is 0.452. The van der Waals surface area contributed by atoms with Gasteiger partial charge in [-0.15, -0.1) is 0 Å². The van der Waals surface area contributed by atoms with Crippen LogP contribution < -0.4 is 5.56 Å². The summed E-state index contributed by atoms with van der Waals surface area (Å²) in [5, 5.41) is 19.7. The number of carbonyl (C=O) groups excluding carboxylic acids is 1. The number of carbonyl (C=O) groups is 1. The average molecular weight is 402 g/mol. The third-order valence-electron chi connectivity index (χ3n) is 4.21. The fraction of sp³-hybridized carbons (Fsp3) is 0.300. The van der Waals surface area contributed by atoms with Crippen LogP contribution in [-0.4, -0.2) is 28.5 Å². The van der Waals surface area contributed by atoms with Gasteiger partial charge in [0.2, 0.25) is 5.88 Å². The third kappa shape index (κ3) is 4.41. The zero-order chi connectivity index (χ0) is 20.8. The van der Waals surface area contributed by atoms with Crippen molar-refractivity contribution in [2.45, 2.75) is 26.7 Å². The minimum atomic E-state index is -0.585. The Morgan fingerprint density at radius 3 is 2.82 bits per heavy atom. The molecule has 1 aromatic carbocycles. The highest BCUT2D eigenvalue weighted by molar-refractivity contribution is 6.33. The van der Waals surface area contributed by atoms with Gasteiger partial charge < -0.3 is 9.84 Å². The lowest BCUT2D eigenvalue weighted by Gasteiger charge is -2.10. The SMILES string of the molecule is CCCCOC(=O)c1cc(N=Cc2c(C)c(C#N)c(=O)n(C)c2O)ccc1Cl. The lowest BCUT2D eigenvalue weighted by Crippen LogP contribution is -2.22. The van der Waals surface area contributed by atoms with Crippen molar-refractivity contribution in [2.24, 2.45) is 12.0 Å². The van der Waals surface area contributed by atoms with E-state index >= 15 is 0 Å². The molecule has 0 saturated carbocycles. The number of unbranched alkanes of at least 4 members (excludes halogenated alkanes) is 1. The van der Waals surface area contributed by atoms with Crippen LogP contribution in [0.15, 0.2) is 28.0 Å². The van der Waals surface area contributed by atoms with Crippen LogP contribution in [0.4, 0.5) is 5.69 Å². The second-order valence-electron chi connectivity index (χ2n) is 6.13. The van der Waals surface area contributed by atoms with Crippen molar-refractivity contribution in [2.75, 3.05) is 6.61 Å². The first-order valence-electron chi connectivity index (χ1n) is 8.65. The largest absolute Gasteiger partial charge is 0.494 e. The van der Waals surface area contributed by atoms with E-state index in [0.717, 1.165) is 17.4 Å². The molecule has 0 fully saturated rings. The summed E-state index contributed by atoms with van der Waals surface area (Å²) in [6, 6.07) is 6.45. The summed E-state index contributed by atoms with van der Waals surface area (Å²) in [7, 11) is 1.36. The lowest BCUT2D eigenvalue weighted by atomic mass is 10.1. The molecule has 0 aliphatic rings. The molecule has 0 atom stereocenters. The summed E-state index contributed by atoms with van der Waals surface area (Å²) in [6.45, 7) is 3.85. The van der Waals surface area contributed by atoms with Crippen molar-refractivity contribution in [3.05, 3.63) is 55.8 Å². The van der Waals surface area contributed by atoms with Crippen LogP contribution in [-0.2, 0) is 11.8 Å². The molecule has 0 aliphatic heterocycles. The van der Waals surface area contributed by atoms with Gasteiger partial charge in [-0.1, -0.05) is 24.9 Å². The van der Waals surface area contributed by atoms with E-state index in [-0.39, 0.29) is 27.6 Å². The minimum Gasteiger partial charge on any atom is -0.494 e. The Bertz CT molecular complexity index is 1040. The van der Waals surface area contributed by atoms with E-state index in [1.165, 1.54) is 25.4 Å². The maximum absolute atomic E-state index is 12.2. The van der Waals surface area contributed by atoms with Gasteiger partial charge in [0.15, 0.2) is 0 Å². The molecule has 28 heavy (non-hydrogen) atoms. The van der Waals surface area contributed by atoms with Gasteiger partial charge in [0.05, 0.1) is 28.4 Å². The Morgan fingerprint density at radius 1 is 1.46 bits per heavy atom. The summed E-state index contributed by atoms with van der Waals surface area (Å²) >= 11 is 6.08. The Morgan fingerprint density at radius 2 is 2.18 bits per heavy atom. The molecule has 1 heterocycles. The summed E-state index contributed by atoms with van der Waals surface area (Å²) < 4.78 is 6.15. The molecule has 2 aromatic rings. The number of aromatic hydroxyl groups is 1. The third-order valence-corrected chi connectivity index (χ3v) is 4.54. The normalized spacial score (nSPS) is 10.8. The van der Waals surface area contributed by atoms with Crippen molar-refractivity contribution < 1.29 is 14.6 Å². The molecule has 7 nitrogen and oxygen atoms in total. The van der Waals surface area contributed by atoms with Crippen LogP contribution in [0.1, 0.15) is 46.8 Å². The monoisotopic (exact) mass is 401 g/mol. The van der Waals surface area contributed by atoms with E-state index in [0.29, 0.717) is 17.9 Å². The molecule has 1 N–H and O–H groups in total. The van der Waals surface area contributed by atoms with E-state index in [1.54, 1.807) is 13.0 Å². The number of nitriles is 1. The number of esters is 1. The summed E-state index contributed by atoms with van der Waals surface area (Å²) in [6.07, 6.45) is 2.99. The van der Waals surface area contributed by atoms with E-state index in [2.05, 4.69) is 4.99 Å². The highest BCUT2D eigenvalue weighted by atomic mass is 35.5. The smallest absolute Gasteiger partial charge is 0.339 e. The van der Waals surface area contributed by atoms with Crippen molar-refractivity contribution in [1.82, 2.24) is 4.57 Å². The molecular formula is C20H20ClN3O4. The molecule has 1 aromatic heterocycles. The fourth-order valence-corrected chi connectivity index (χ4v) is 2.66. The number of hydrogen-bond acceptors (Lipinski definition) is 6. The number of nitrogens with zero attached hydrogens (tertiary/aromatic N) is 3. The van der Waals surface area contributed by atoms with Gasteiger partial charge in [-0.3, -0.25) is 14.4 Å². The van der Waals surface area contributed by atoms with Crippen molar-refractivity contribution in [3.63, 3.8) is 0 Å². The maximum Gasteiger partial charge on any atom is 0.339 e. The van der Waals surface area contributed by atoms with Gasteiger partial charge in [-0.05, 0) is 37.1 Å². The number of aliphatic imine (C=N–C) groups is 1. The number of aromatic nitrogens is 1. The maximum atomic E-state index is 12.2. The number of pyridine rings is 1. The molecular weight excluding hydrogens is 382 g/mol. The van der Waals surface area contributed by atoms with Crippen LogP contribution in [0.25, 0.3) is 0 Å². The molecule has 0 bridgehead atoms. The van der Waals surface area contributed by atoms with E-state index in [4.69, 9.17) is 16.3 Å². The first-order chi connectivity index (χ1) is 13.3. The van der Waals surface area contributed by atoms with Gasteiger partial charge in [0, 0.05) is 13.3 Å². The van der Waals surface area contributed by atoms with Crippen LogP contribution >= 0.6 is 11.6 Å². The highest BCUT2D eigenvalue weighted by Gasteiger charge is 2.16. The second kappa shape index (κ2) is 9.20. The average Bonchev–Trinajstić information content (AvgIpc) is 2.68. The van der Waals surface area contributed by atoms with Crippen LogP contribution in [0.5, 0.6) is 5.88 Å². The van der Waals surface area contributed by atoms with Crippen molar-refractivity contribution >= 4 is 29.5 Å². The minimum absolute atomic E-state index is 0.0713.